The summed E-state index contributed by atoms with van der Waals surface area (Å²) in [7, 11) is 3.78. The molecule has 0 bridgehead atoms. The molecule has 0 spiro atoms. The second-order valence-corrected chi connectivity index (χ2v) is 4.06. The molecule has 2 nitrogen and oxygen atoms in total. The Morgan fingerprint density at radius 3 is 2.60 bits per heavy atom. The lowest BCUT2D eigenvalue weighted by molar-refractivity contribution is 0.185. The maximum Gasteiger partial charge on any atom is 0.125 e. The molecule has 0 radical (unpaired) electrons. The zero-order valence-electron chi connectivity index (χ0n) is 9.50. The number of anilines is 1. The number of nitrogens with zero attached hydrogens (tertiary/aromatic N) is 1. The van der Waals surface area contributed by atoms with Gasteiger partial charge in [-0.3, -0.25) is 0 Å². The third-order valence-electron chi connectivity index (χ3n) is 2.36. The van der Waals surface area contributed by atoms with E-state index in [1.54, 1.807) is 13.0 Å². The van der Waals surface area contributed by atoms with Gasteiger partial charge in [-0.05, 0) is 37.5 Å². The van der Waals surface area contributed by atoms with Gasteiger partial charge >= 0.3 is 0 Å². The normalized spacial score (nSPS) is 12.6. The minimum absolute atomic E-state index is 0.223. The molecule has 0 fully saturated rings. The van der Waals surface area contributed by atoms with E-state index in [0.29, 0.717) is 6.42 Å². The molecule has 0 unspecified atom stereocenters. The minimum Gasteiger partial charge on any atom is -0.393 e. The molecule has 0 saturated carbocycles. The van der Waals surface area contributed by atoms with Crippen molar-refractivity contribution in [3.05, 3.63) is 29.6 Å². The van der Waals surface area contributed by atoms with E-state index in [1.807, 2.05) is 19.0 Å². The second kappa shape index (κ2) is 5.12. The Kier molecular flexibility index (Phi) is 4.09. The van der Waals surface area contributed by atoms with E-state index < -0.39 is 0 Å². The van der Waals surface area contributed by atoms with E-state index >= 15 is 0 Å². The summed E-state index contributed by atoms with van der Waals surface area (Å²) >= 11 is 0. The fourth-order valence-electron chi connectivity index (χ4n) is 1.53. The molecule has 0 saturated heterocycles. The van der Waals surface area contributed by atoms with E-state index in [0.717, 1.165) is 17.7 Å². The lowest BCUT2D eigenvalue weighted by atomic mass is 10.0. The van der Waals surface area contributed by atoms with Crippen LogP contribution >= 0.6 is 0 Å². The zero-order chi connectivity index (χ0) is 11.4. The smallest absolute Gasteiger partial charge is 0.125 e. The van der Waals surface area contributed by atoms with E-state index in [1.165, 1.54) is 12.1 Å². The summed E-state index contributed by atoms with van der Waals surface area (Å²) in [6.07, 6.45) is 1.16. The Balaban J connectivity index is 2.86. The molecule has 0 aliphatic heterocycles. The molecule has 3 heteroatoms. The van der Waals surface area contributed by atoms with Gasteiger partial charge in [-0.15, -0.1) is 0 Å². The highest BCUT2D eigenvalue weighted by atomic mass is 19.1. The predicted octanol–water partition coefficient (Wildman–Crippen LogP) is 2.21. The minimum atomic E-state index is -0.315. The monoisotopic (exact) mass is 211 g/mol. The Hall–Kier alpha value is -1.09. The van der Waals surface area contributed by atoms with Gasteiger partial charge < -0.3 is 10.0 Å². The first-order valence-corrected chi connectivity index (χ1v) is 5.14. The standard InChI is InChI=1S/C12H18FNO/c1-9(15)4-5-10-6-7-11(13)8-12(10)14(2)3/h6-9,15H,4-5H2,1-3H3/t9-/m0/s1. The lowest BCUT2D eigenvalue weighted by Crippen LogP contribution is -2.12. The van der Waals surface area contributed by atoms with Crippen LogP contribution in [-0.4, -0.2) is 25.3 Å². The summed E-state index contributed by atoms with van der Waals surface area (Å²) in [6.45, 7) is 1.76. The average molecular weight is 211 g/mol. The number of aliphatic hydroxyl groups excluding tert-OH is 1. The van der Waals surface area contributed by atoms with Crippen LogP contribution in [0.25, 0.3) is 0 Å². The van der Waals surface area contributed by atoms with Gasteiger partial charge in [-0.25, -0.2) is 4.39 Å². The van der Waals surface area contributed by atoms with E-state index in [2.05, 4.69) is 0 Å². The van der Waals surface area contributed by atoms with Gasteiger partial charge in [0.2, 0.25) is 0 Å². The van der Waals surface area contributed by atoms with Crippen molar-refractivity contribution < 1.29 is 9.50 Å². The highest BCUT2D eigenvalue weighted by Crippen LogP contribution is 2.21. The van der Waals surface area contributed by atoms with Crippen molar-refractivity contribution in [3.63, 3.8) is 0 Å². The Bertz CT molecular complexity index is 323. The molecule has 0 heterocycles. The van der Waals surface area contributed by atoms with Crippen LogP contribution in [0, 0.1) is 5.82 Å². The fraction of sp³-hybridized carbons (Fsp3) is 0.500. The van der Waals surface area contributed by atoms with Crippen LogP contribution in [0.2, 0.25) is 0 Å². The third-order valence-corrected chi connectivity index (χ3v) is 2.36. The summed E-state index contributed by atoms with van der Waals surface area (Å²) < 4.78 is 13.0. The Morgan fingerprint density at radius 1 is 1.40 bits per heavy atom. The molecule has 1 aromatic carbocycles. The molecular formula is C12H18FNO. The molecule has 84 valence electrons. The third kappa shape index (κ3) is 3.51. The van der Waals surface area contributed by atoms with Gasteiger partial charge in [0.05, 0.1) is 6.10 Å². The highest BCUT2D eigenvalue weighted by molar-refractivity contribution is 5.52. The van der Waals surface area contributed by atoms with Gasteiger partial charge in [0.25, 0.3) is 0 Å². The van der Waals surface area contributed by atoms with Crippen molar-refractivity contribution >= 4 is 5.69 Å². The summed E-state index contributed by atoms with van der Waals surface area (Å²) in [5.74, 6) is -0.223. The van der Waals surface area contributed by atoms with Crippen LogP contribution in [0.4, 0.5) is 10.1 Å². The van der Waals surface area contributed by atoms with Crippen molar-refractivity contribution in [2.45, 2.75) is 25.9 Å². The number of aliphatic hydroxyl groups is 1. The number of aryl methyl sites for hydroxylation is 1. The van der Waals surface area contributed by atoms with Crippen molar-refractivity contribution in [2.75, 3.05) is 19.0 Å². The molecule has 0 aliphatic rings. The van der Waals surface area contributed by atoms with Crippen molar-refractivity contribution in [2.24, 2.45) is 0 Å². The topological polar surface area (TPSA) is 23.5 Å². The van der Waals surface area contributed by atoms with Crippen LogP contribution in [0.15, 0.2) is 18.2 Å². The SMILES string of the molecule is C[C@H](O)CCc1ccc(F)cc1N(C)C. The van der Waals surface area contributed by atoms with Crippen molar-refractivity contribution in [1.29, 1.82) is 0 Å². The lowest BCUT2D eigenvalue weighted by Gasteiger charge is -2.18. The van der Waals surface area contributed by atoms with Crippen LogP contribution in [-0.2, 0) is 6.42 Å². The largest absolute Gasteiger partial charge is 0.393 e. The molecule has 1 N–H and O–H groups in total. The Labute approximate surface area is 90.3 Å². The first kappa shape index (κ1) is 12.0. The fourth-order valence-corrected chi connectivity index (χ4v) is 1.53. The second-order valence-electron chi connectivity index (χ2n) is 4.06. The van der Waals surface area contributed by atoms with Crippen LogP contribution in [0.5, 0.6) is 0 Å². The van der Waals surface area contributed by atoms with E-state index in [-0.39, 0.29) is 11.9 Å². The van der Waals surface area contributed by atoms with Gasteiger partial charge in [0.1, 0.15) is 5.82 Å². The van der Waals surface area contributed by atoms with Gasteiger partial charge in [-0.1, -0.05) is 6.07 Å². The van der Waals surface area contributed by atoms with E-state index in [9.17, 15) is 9.50 Å². The summed E-state index contributed by atoms with van der Waals surface area (Å²) in [5, 5.41) is 9.21. The number of hydrogen-bond acceptors (Lipinski definition) is 2. The highest BCUT2D eigenvalue weighted by Gasteiger charge is 2.07. The number of hydrogen-bond donors (Lipinski definition) is 1. The maximum absolute atomic E-state index is 13.0. The number of halogens is 1. The maximum atomic E-state index is 13.0. The molecule has 0 amide bonds. The zero-order valence-corrected chi connectivity index (χ0v) is 9.50. The molecule has 1 rings (SSSR count). The van der Waals surface area contributed by atoms with E-state index in [4.69, 9.17) is 0 Å². The molecule has 0 aromatic heterocycles. The molecule has 1 aromatic rings. The van der Waals surface area contributed by atoms with Gasteiger partial charge in [0.15, 0.2) is 0 Å². The van der Waals surface area contributed by atoms with Gasteiger partial charge in [-0.2, -0.15) is 0 Å². The molecule has 1 atom stereocenters. The summed E-state index contributed by atoms with van der Waals surface area (Å²) in [6, 6.07) is 4.77. The summed E-state index contributed by atoms with van der Waals surface area (Å²) in [4.78, 5) is 1.89. The quantitative estimate of drug-likeness (QED) is 0.825. The Morgan fingerprint density at radius 2 is 2.07 bits per heavy atom. The summed E-state index contributed by atoms with van der Waals surface area (Å²) in [5.41, 5.74) is 1.96. The van der Waals surface area contributed by atoms with Crippen molar-refractivity contribution in [3.8, 4) is 0 Å². The number of benzene rings is 1. The van der Waals surface area contributed by atoms with Gasteiger partial charge in [0, 0.05) is 19.8 Å². The number of rotatable bonds is 4. The average Bonchev–Trinajstić information content (AvgIpc) is 2.15. The first-order valence-electron chi connectivity index (χ1n) is 5.14. The predicted molar refractivity (Wildman–Crippen MR) is 60.7 cm³/mol. The van der Waals surface area contributed by atoms with Crippen molar-refractivity contribution in [1.82, 2.24) is 0 Å². The van der Waals surface area contributed by atoms with Crippen LogP contribution in [0.3, 0.4) is 0 Å². The molecule has 0 aliphatic carbocycles. The molecule has 15 heavy (non-hydrogen) atoms. The first-order chi connectivity index (χ1) is 7.00. The molecular weight excluding hydrogens is 193 g/mol. The van der Waals surface area contributed by atoms with Crippen LogP contribution in [0.1, 0.15) is 18.9 Å². The van der Waals surface area contributed by atoms with Crippen LogP contribution < -0.4 is 4.90 Å².